The minimum atomic E-state index is -2.74. The van der Waals surface area contributed by atoms with E-state index < -0.39 is 9.84 Å². The van der Waals surface area contributed by atoms with Crippen LogP contribution in [0.1, 0.15) is 33.6 Å². The zero-order chi connectivity index (χ0) is 13.4. The van der Waals surface area contributed by atoms with Crippen LogP contribution in [-0.4, -0.2) is 56.5 Å². The first-order valence-electron chi connectivity index (χ1n) is 6.96. The van der Waals surface area contributed by atoms with Crippen LogP contribution in [0.25, 0.3) is 0 Å². The molecule has 5 heteroatoms. The zero-order valence-corrected chi connectivity index (χ0v) is 12.6. The van der Waals surface area contributed by atoms with Gasteiger partial charge in [0.05, 0.1) is 11.5 Å². The van der Waals surface area contributed by atoms with Crippen molar-refractivity contribution < 1.29 is 8.42 Å². The van der Waals surface area contributed by atoms with E-state index in [9.17, 15) is 8.42 Å². The van der Waals surface area contributed by atoms with Crippen LogP contribution in [0, 0.1) is 5.41 Å². The van der Waals surface area contributed by atoms with E-state index in [0.29, 0.717) is 23.6 Å². The van der Waals surface area contributed by atoms with Gasteiger partial charge >= 0.3 is 0 Å². The first kappa shape index (κ1) is 14.3. The molecule has 2 saturated heterocycles. The third kappa shape index (κ3) is 3.45. The lowest BCUT2D eigenvalue weighted by Crippen LogP contribution is -2.59. The van der Waals surface area contributed by atoms with E-state index in [2.05, 4.69) is 31.0 Å². The maximum Gasteiger partial charge on any atom is 0.150 e. The second-order valence-corrected chi connectivity index (χ2v) is 9.05. The molecular formula is C13H26N2O2S. The Morgan fingerprint density at radius 1 is 1.17 bits per heavy atom. The lowest BCUT2D eigenvalue weighted by atomic mass is 9.85. The molecule has 18 heavy (non-hydrogen) atoms. The van der Waals surface area contributed by atoms with Crippen LogP contribution in [0.4, 0.5) is 0 Å². The number of hydrogen-bond donors (Lipinski definition) is 1. The van der Waals surface area contributed by atoms with Crippen molar-refractivity contribution in [1.82, 2.24) is 10.2 Å². The summed E-state index contributed by atoms with van der Waals surface area (Å²) in [7, 11) is -2.74. The van der Waals surface area contributed by atoms with Gasteiger partial charge in [-0.25, -0.2) is 8.42 Å². The molecule has 1 atom stereocenters. The molecule has 2 heterocycles. The molecule has 0 amide bonds. The van der Waals surface area contributed by atoms with Crippen molar-refractivity contribution in [2.45, 2.75) is 45.7 Å². The number of nitrogens with zero attached hydrogens (tertiary/aromatic N) is 1. The first-order chi connectivity index (χ1) is 8.28. The van der Waals surface area contributed by atoms with Gasteiger partial charge in [-0.1, -0.05) is 20.8 Å². The summed E-state index contributed by atoms with van der Waals surface area (Å²) in [6, 6.07) is 0.977. The minimum absolute atomic E-state index is 0.263. The molecule has 0 saturated carbocycles. The summed E-state index contributed by atoms with van der Waals surface area (Å²) < 4.78 is 22.9. The van der Waals surface area contributed by atoms with Crippen LogP contribution in [-0.2, 0) is 9.84 Å². The highest BCUT2D eigenvalue weighted by molar-refractivity contribution is 7.91. The molecule has 1 N–H and O–H groups in total. The van der Waals surface area contributed by atoms with Crippen molar-refractivity contribution in [3.8, 4) is 0 Å². The van der Waals surface area contributed by atoms with E-state index in [0.717, 1.165) is 32.5 Å². The molecule has 0 radical (unpaired) electrons. The van der Waals surface area contributed by atoms with Gasteiger partial charge in [-0.05, 0) is 18.3 Å². The standard InChI is InChI=1S/C13H26N2O2S/c1-13(2,3)12-10-15(7-6-14-12)11-4-8-18(16,17)9-5-11/h11-12,14H,4-10H2,1-3H3. The van der Waals surface area contributed by atoms with Gasteiger partial charge in [-0.3, -0.25) is 4.90 Å². The van der Waals surface area contributed by atoms with E-state index in [1.54, 1.807) is 0 Å². The van der Waals surface area contributed by atoms with Gasteiger partial charge in [-0.2, -0.15) is 0 Å². The maximum absolute atomic E-state index is 11.5. The fourth-order valence-electron chi connectivity index (χ4n) is 2.93. The third-order valence-corrected chi connectivity index (χ3v) is 6.01. The van der Waals surface area contributed by atoms with Gasteiger partial charge in [0.25, 0.3) is 0 Å². The van der Waals surface area contributed by atoms with Crippen LogP contribution in [0.2, 0.25) is 0 Å². The molecule has 2 aliphatic heterocycles. The van der Waals surface area contributed by atoms with Crippen molar-refractivity contribution in [2.75, 3.05) is 31.1 Å². The number of nitrogens with one attached hydrogen (secondary N) is 1. The molecule has 2 aliphatic rings. The van der Waals surface area contributed by atoms with Gasteiger partial charge in [0.1, 0.15) is 9.84 Å². The summed E-state index contributed by atoms with van der Waals surface area (Å²) in [5, 5.41) is 3.58. The average molecular weight is 274 g/mol. The van der Waals surface area contributed by atoms with E-state index in [1.807, 2.05) is 0 Å². The molecule has 2 fully saturated rings. The molecular weight excluding hydrogens is 248 g/mol. The Morgan fingerprint density at radius 2 is 1.78 bits per heavy atom. The fourth-order valence-corrected chi connectivity index (χ4v) is 4.39. The molecule has 1 unspecified atom stereocenters. The molecule has 0 aromatic heterocycles. The number of rotatable bonds is 1. The molecule has 0 bridgehead atoms. The molecule has 0 aromatic rings. The summed E-state index contributed by atoms with van der Waals surface area (Å²) in [4.78, 5) is 2.50. The lowest BCUT2D eigenvalue weighted by Gasteiger charge is -2.44. The van der Waals surface area contributed by atoms with Gasteiger partial charge in [-0.15, -0.1) is 0 Å². The number of piperazine rings is 1. The van der Waals surface area contributed by atoms with Crippen LogP contribution in [0.3, 0.4) is 0 Å². The lowest BCUT2D eigenvalue weighted by molar-refractivity contribution is 0.0928. The molecule has 0 aromatic carbocycles. The van der Waals surface area contributed by atoms with Crippen molar-refractivity contribution in [1.29, 1.82) is 0 Å². The van der Waals surface area contributed by atoms with Crippen LogP contribution in [0.5, 0.6) is 0 Å². The van der Waals surface area contributed by atoms with Crippen molar-refractivity contribution >= 4 is 9.84 Å². The Hall–Kier alpha value is -0.130. The van der Waals surface area contributed by atoms with E-state index in [-0.39, 0.29) is 5.41 Å². The number of hydrogen-bond acceptors (Lipinski definition) is 4. The molecule has 0 spiro atoms. The van der Waals surface area contributed by atoms with Gasteiger partial charge in [0, 0.05) is 31.7 Å². The Balaban J connectivity index is 1.94. The molecule has 2 rings (SSSR count). The van der Waals surface area contributed by atoms with E-state index in [1.165, 1.54) is 0 Å². The summed E-state index contributed by atoms with van der Waals surface area (Å²) in [6.45, 7) is 9.91. The Bertz CT molecular complexity index is 372. The third-order valence-electron chi connectivity index (χ3n) is 4.29. The van der Waals surface area contributed by atoms with Crippen molar-refractivity contribution in [3.05, 3.63) is 0 Å². The first-order valence-corrected chi connectivity index (χ1v) is 8.78. The van der Waals surface area contributed by atoms with Crippen LogP contribution in [0.15, 0.2) is 0 Å². The Labute approximate surface area is 111 Å². The van der Waals surface area contributed by atoms with Crippen molar-refractivity contribution in [3.63, 3.8) is 0 Å². The van der Waals surface area contributed by atoms with E-state index >= 15 is 0 Å². The maximum atomic E-state index is 11.5. The predicted octanol–water partition coefficient (Wildman–Crippen LogP) is 0.884. The largest absolute Gasteiger partial charge is 0.311 e. The summed E-state index contributed by atoms with van der Waals surface area (Å²) in [5.41, 5.74) is 0.263. The van der Waals surface area contributed by atoms with Gasteiger partial charge in [0.15, 0.2) is 0 Å². The average Bonchev–Trinajstić information content (AvgIpc) is 2.28. The zero-order valence-electron chi connectivity index (χ0n) is 11.8. The highest BCUT2D eigenvalue weighted by Gasteiger charge is 2.34. The molecule has 106 valence electrons. The topological polar surface area (TPSA) is 49.4 Å². The van der Waals surface area contributed by atoms with E-state index in [4.69, 9.17) is 0 Å². The predicted molar refractivity (Wildman–Crippen MR) is 74.5 cm³/mol. The monoisotopic (exact) mass is 274 g/mol. The second-order valence-electron chi connectivity index (χ2n) is 6.75. The quantitative estimate of drug-likeness (QED) is 0.771. The van der Waals surface area contributed by atoms with Gasteiger partial charge in [0.2, 0.25) is 0 Å². The minimum Gasteiger partial charge on any atom is -0.311 e. The number of sulfone groups is 1. The Kier molecular flexibility index (Phi) is 4.04. The SMILES string of the molecule is CC(C)(C)C1CN(C2CCS(=O)(=O)CC2)CCN1. The second kappa shape index (κ2) is 5.10. The van der Waals surface area contributed by atoms with Gasteiger partial charge < -0.3 is 5.32 Å². The summed E-state index contributed by atoms with van der Waals surface area (Å²) >= 11 is 0. The summed E-state index contributed by atoms with van der Waals surface area (Å²) in [6.07, 6.45) is 1.64. The highest BCUT2D eigenvalue weighted by Crippen LogP contribution is 2.25. The Morgan fingerprint density at radius 3 is 2.33 bits per heavy atom. The fraction of sp³-hybridized carbons (Fsp3) is 1.00. The summed E-state index contributed by atoms with van der Waals surface area (Å²) in [5.74, 6) is 0.754. The smallest absolute Gasteiger partial charge is 0.150 e. The van der Waals surface area contributed by atoms with Crippen LogP contribution < -0.4 is 5.32 Å². The molecule has 4 nitrogen and oxygen atoms in total. The normalized spacial score (nSPS) is 31.4. The van der Waals surface area contributed by atoms with Crippen LogP contribution >= 0.6 is 0 Å². The highest BCUT2D eigenvalue weighted by atomic mass is 32.2. The van der Waals surface area contributed by atoms with Crippen molar-refractivity contribution in [2.24, 2.45) is 5.41 Å². The molecule has 0 aliphatic carbocycles.